The van der Waals surface area contributed by atoms with Gasteiger partial charge in [-0.15, -0.1) is 0 Å². The maximum Gasteiger partial charge on any atom is 0.238 e. The fourth-order valence-corrected chi connectivity index (χ4v) is 6.60. The molecule has 4 atom stereocenters. The minimum absolute atomic E-state index is 0.169. The number of nitrogens with zero attached hydrogens (tertiary/aromatic N) is 1. The van der Waals surface area contributed by atoms with E-state index >= 15 is 0 Å². The van der Waals surface area contributed by atoms with Gasteiger partial charge in [0.05, 0.1) is 23.0 Å². The van der Waals surface area contributed by atoms with E-state index in [1.54, 1.807) is 24.3 Å². The molecule has 0 radical (unpaired) electrons. The van der Waals surface area contributed by atoms with E-state index in [0.717, 1.165) is 22.4 Å². The molecule has 0 aliphatic carbocycles. The van der Waals surface area contributed by atoms with Crippen molar-refractivity contribution in [3.05, 3.63) is 101 Å². The molecule has 0 unspecified atom stereocenters. The Hall–Kier alpha value is -3.70. The van der Waals surface area contributed by atoms with Crippen LogP contribution in [-0.4, -0.2) is 29.6 Å². The normalized spacial score (nSPS) is 26.0. The SMILES string of the molecule is CC(=O)[C@@H]1[C@H](C(=O)c2ccccc2Cl)[C@]2(C(=O)Nc3ccccc32)[C@H]2C=C(C)c3ccccc3N12. The van der Waals surface area contributed by atoms with Crippen LogP contribution in [-0.2, 0) is 15.0 Å². The highest BCUT2D eigenvalue weighted by Crippen LogP contribution is 2.58. The molecule has 3 aromatic carbocycles. The van der Waals surface area contributed by atoms with E-state index in [1.807, 2.05) is 66.4 Å². The number of carbonyl (C=O) groups is 3. The van der Waals surface area contributed by atoms with Gasteiger partial charge in [-0.3, -0.25) is 14.4 Å². The van der Waals surface area contributed by atoms with Crippen LogP contribution >= 0.6 is 11.6 Å². The molecule has 1 spiro atoms. The Kier molecular flexibility index (Phi) is 4.77. The van der Waals surface area contributed by atoms with E-state index in [-0.39, 0.29) is 17.5 Å². The molecule has 5 nitrogen and oxygen atoms in total. The van der Waals surface area contributed by atoms with Crippen molar-refractivity contribution in [2.45, 2.75) is 31.3 Å². The van der Waals surface area contributed by atoms with E-state index in [4.69, 9.17) is 11.6 Å². The van der Waals surface area contributed by atoms with Crippen LogP contribution in [0.4, 0.5) is 11.4 Å². The first-order valence-electron chi connectivity index (χ1n) is 11.6. The number of amides is 1. The van der Waals surface area contributed by atoms with Crippen molar-refractivity contribution in [3.8, 4) is 0 Å². The standard InChI is InChI=1S/C29H23ClN2O3/c1-16-15-24-29(20-11-5-7-13-22(20)31-28(29)35)25(27(34)19-10-3-6-12-21(19)30)26(17(2)33)32(24)23-14-8-4-9-18(16)23/h3-15,24-26H,1-2H3,(H,31,35)/t24-,25-,26-,29-/m1/s1. The summed E-state index contributed by atoms with van der Waals surface area (Å²) in [5, 5.41) is 3.33. The lowest BCUT2D eigenvalue weighted by atomic mass is 9.64. The predicted octanol–water partition coefficient (Wildman–Crippen LogP) is 5.29. The summed E-state index contributed by atoms with van der Waals surface area (Å²) in [6, 6.07) is 20.8. The smallest absolute Gasteiger partial charge is 0.238 e. The summed E-state index contributed by atoms with van der Waals surface area (Å²) in [5.74, 6) is -1.71. The molecular formula is C29H23ClN2O3. The number of Topliss-reactive ketones (excluding diaryl/α,β-unsaturated/α-hetero) is 2. The summed E-state index contributed by atoms with van der Waals surface area (Å²) in [5.41, 5.74) is 3.27. The maximum atomic E-state index is 14.4. The molecule has 1 amide bonds. The van der Waals surface area contributed by atoms with Crippen LogP contribution in [0.25, 0.3) is 5.57 Å². The highest BCUT2D eigenvalue weighted by Gasteiger charge is 2.70. The van der Waals surface area contributed by atoms with E-state index in [9.17, 15) is 14.4 Å². The third kappa shape index (κ3) is 2.79. The number of rotatable bonds is 3. The largest absolute Gasteiger partial charge is 0.352 e. The highest BCUT2D eigenvalue weighted by atomic mass is 35.5. The van der Waals surface area contributed by atoms with Gasteiger partial charge in [0.1, 0.15) is 5.41 Å². The molecule has 35 heavy (non-hydrogen) atoms. The topological polar surface area (TPSA) is 66.5 Å². The Morgan fingerprint density at radius 1 is 0.971 bits per heavy atom. The number of hydrogen-bond donors (Lipinski definition) is 1. The summed E-state index contributed by atoms with van der Waals surface area (Å²) in [7, 11) is 0. The van der Waals surface area contributed by atoms with Gasteiger partial charge >= 0.3 is 0 Å². The van der Waals surface area contributed by atoms with Crippen LogP contribution in [0.3, 0.4) is 0 Å². The fraction of sp³-hybridized carbons (Fsp3) is 0.207. The van der Waals surface area contributed by atoms with Gasteiger partial charge in [-0.05, 0) is 49.2 Å². The van der Waals surface area contributed by atoms with Crippen LogP contribution in [0.15, 0.2) is 78.9 Å². The first-order chi connectivity index (χ1) is 16.9. The molecular weight excluding hydrogens is 460 g/mol. The number of anilines is 2. The van der Waals surface area contributed by atoms with E-state index < -0.39 is 23.4 Å². The van der Waals surface area contributed by atoms with Crippen LogP contribution in [0, 0.1) is 5.92 Å². The molecule has 6 rings (SSSR count). The van der Waals surface area contributed by atoms with Gasteiger partial charge in [-0.2, -0.15) is 0 Å². The van der Waals surface area contributed by atoms with Crippen molar-refractivity contribution in [1.29, 1.82) is 0 Å². The molecule has 174 valence electrons. The lowest BCUT2D eigenvalue weighted by molar-refractivity contribution is -0.122. The Bertz CT molecular complexity index is 1460. The quantitative estimate of drug-likeness (QED) is 0.515. The average Bonchev–Trinajstić information content (AvgIpc) is 3.32. The second-order valence-electron chi connectivity index (χ2n) is 9.46. The third-order valence-corrected chi connectivity index (χ3v) is 8.05. The number of halogens is 1. The molecule has 6 heteroatoms. The number of nitrogens with one attached hydrogen (secondary N) is 1. The third-order valence-electron chi connectivity index (χ3n) is 7.72. The Balaban J connectivity index is 1.70. The molecule has 1 fully saturated rings. The van der Waals surface area contributed by atoms with Crippen molar-refractivity contribution in [2.75, 3.05) is 10.2 Å². The first kappa shape index (κ1) is 21.8. The molecule has 0 bridgehead atoms. The number of fused-ring (bicyclic) bond motifs is 6. The van der Waals surface area contributed by atoms with Gasteiger partial charge in [0.2, 0.25) is 5.91 Å². The van der Waals surface area contributed by atoms with Crippen LogP contribution in [0.5, 0.6) is 0 Å². The zero-order valence-corrected chi connectivity index (χ0v) is 20.0. The second kappa shape index (κ2) is 7.65. The Morgan fingerprint density at radius 2 is 1.66 bits per heavy atom. The lowest BCUT2D eigenvalue weighted by Crippen LogP contribution is -2.51. The van der Waals surface area contributed by atoms with Crippen molar-refractivity contribution in [3.63, 3.8) is 0 Å². The summed E-state index contributed by atoms with van der Waals surface area (Å²) in [6.45, 7) is 3.51. The molecule has 1 saturated heterocycles. The number of benzene rings is 3. The predicted molar refractivity (Wildman–Crippen MR) is 137 cm³/mol. The van der Waals surface area contributed by atoms with Gasteiger partial charge in [-0.25, -0.2) is 0 Å². The number of carbonyl (C=O) groups excluding carboxylic acids is 3. The number of ketones is 2. The zero-order valence-electron chi connectivity index (χ0n) is 19.3. The molecule has 0 saturated carbocycles. The minimum Gasteiger partial charge on any atom is -0.352 e. The molecule has 3 aliphatic rings. The van der Waals surface area contributed by atoms with E-state index in [0.29, 0.717) is 16.3 Å². The Labute approximate surface area is 208 Å². The number of allylic oxidation sites excluding steroid dienone is 1. The summed E-state index contributed by atoms with van der Waals surface area (Å²) in [6.07, 6.45) is 2.04. The van der Waals surface area contributed by atoms with Gasteiger partial charge in [0, 0.05) is 22.5 Å². The maximum absolute atomic E-state index is 14.4. The molecule has 3 aliphatic heterocycles. The van der Waals surface area contributed by atoms with Crippen molar-refractivity contribution < 1.29 is 14.4 Å². The first-order valence-corrected chi connectivity index (χ1v) is 12.0. The van der Waals surface area contributed by atoms with E-state index in [1.165, 1.54) is 6.92 Å². The van der Waals surface area contributed by atoms with Gasteiger partial charge in [0.15, 0.2) is 11.6 Å². The van der Waals surface area contributed by atoms with Gasteiger partial charge < -0.3 is 10.2 Å². The van der Waals surface area contributed by atoms with Crippen molar-refractivity contribution in [1.82, 2.24) is 0 Å². The fourth-order valence-electron chi connectivity index (χ4n) is 6.37. The molecule has 1 N–H and O–H groups in total. The second-order valence-corrected chi connectivity index (χ2v) is 9.87. The average molecular weight is 483 g/mol. The monoisotopic (exact) mass is 482 g/mol. The minimum atomic E-state index is -1.29. The molecule has 0 aromatic heterocycles. The molecule has 3 aromatic rings. The summed E-state index contributed by atoms with van der Waals surface area (Å²) >= 11 is 6.48. The zero-order chi connectivity index (χ0) is 24.5. The van der Waals surface area contributed by atoms with Crippen LogP contribution in [0.1, 0.15) is 35.3 Å². The van der Waals surface area contributed by atoms with Crippen LogP contribution in [0.2, 0.25) is 5.02 Å². The lowest BCUT2D eigenvalue weighted by Gasteiger charge is -2.39. The van der Waals surface area contributed by atoms with Crippen molar-refractivity contribution >= 4 is 46.0 Å². The highest BCUT2D eigenvalue weighted by molar-refractivity contribution is 6.34. The van der Waals surface area contributed by atoms with Crippen molar-refractivity contribution in [2.24, 2.45) is 5.92 Å². The van der Waals surface area contributed by atoms with Gasteiger partial charge in [0.25, 0.3) is 0 Å². The summed E-state index contributed by atoms with van der Waals surface area (Å²) < 4.78 is 0. The van der Waals surface area contributed by atoms with Gasteiger partial charge in [-0.1, -0.05) is 66.2 Å². The van der Waals surface area contributed by atoms with Crippen LogP contribution < -0.4 is 10.2 Å². The van der Waals surface area contributed by atoms with E-state index in [2.05, 4.69) is 5.32 Å². The number of para-hydroxylation sites is 2. The molecule has 3 heterocycles. The Morgan fingerprint density at radius 3 is 2.43 bits per heavy atom. The number of hydrogen-bond acceptors (Lipinski definition) is 4. The summed E-state index contributed by atoms with van der Waals surface area (Å²) in [4.78, 5) is 43.8.